The fraction of sp³-hybridized carbons (Fsp3) is 0.263. The van der Waals surface area contributed by atoms with Crippen molar-refractivity contribution in [2.45, 2.75) is 19.8 Å². The smallest absolute Gasteiger partial charge is 0.269 e. The molecule has 0 saturated carbocycles. The minimum absolute atomic E-state index is 0.00552. The van der Waals surface area contributed by atoms with Crippen molar-refractivity contribution in [3.63, 3.8) is 0 Å². The van der Waals surface area contributed by atoms with E-state index in [0.29, 0.717) is 23.7 Å². The van der Waals surface area contributed by atoms with Crippen LogP contribution in [0.1, 0.15) is 29.3 Å². The van der Waals surface area contributed by atoms with Gasteiger partial charge in [-0.1, -0.05) is 30.7 Å². The molecule has 0 aliphatic heterocycles. The number of hydrazine groups is 1. The Morgan fingerprint density at radius 3 is 2.48 bits per heavy atom. The van der Waals surface area contributed by atoms with Crippen LogP contribution in [-0.2, 0) is 11.2 Å². The Hall–Kier alpha value is -2.80. The number of benzene rings is 2. The number of methoxy groups -OCH3 is 1. The minimum Gasteiger partial charge on any atom is -0.493 e. The van der Waals surface area contributed by atoms with Gasteiger partial charge in [0.25, 0.3) is 5.91 Å². The molecule has 0 saturated heterocycles. The summed E-state index contributed by atoms with van der Waals surface area (Å²) in [6.07, 6.45) is 0.788. The van der Waals surface area contributed by atoms with Crippen LogP contribution in [0.4, 0.5) is 4.39 Å². The molecule has 0 aliphatic rings. The van der Waals surface area contributed by atoms with E-state index in [1.807, 2.05) is 6.92 Å². The summed E-state index contributed by atoms with van der Waals surface area (Å²) in [6, 6.07) is 8.41. The average molecular weight is 395 g/mol. The molecule has 2 aromatic rings. The number of carbonyl (C=O) groups excluding carboxylic acids is 2. The molecule has 27 heavy (non-hydrogen) atoms. The number of carbonyl (C=O) groups is 2. The van der Waals surface area contributed by atoms with Crippen LogP contribution in [0.5, 0.6) is 11.5 Å². The normalized spacial score (nSPS) is 10.2. The van der Waals surface area contributed by atoms with Gasteiger partial charge in [0.05, 0.1) is 25.2 Å². The molecule has 8 heteroatoms. The lowest BCUT2D eigenvalue weighted by atomic mass is 10.1. The van der Waals surface area contributed by atoms with Crippen molar-refractivity contribution in [1.29, 1.82) is 0 Å². The summed E-state index contributed by atoms with van der Waals surface area (Å²) in [7, 11) is 1.44. The highest BCUT2D eigenvalue weighted by Crippen LogP contribution is 2.36. The van der Waals surface area contributed by atoms with Gasteiger partial charge < -0.3 is 9.47 Å². The van der Waals surface area contributed by atoms with Crippen LogP contribution in [0, 0.1) is 5.82 Å². The summed E-state index contributed by atoms with van der Waals surface area (Å²) in [5.41, 5.74) is 5.42. The molecule has 2 aromatic carbocycles. The van der Waals surface area contributed by atoms with Gasteiger partial charge >= 0.3 is 0 Å². The summed E-state index contributed by atoms with van der Waals surface area (Å²) in [5, 5.41) is 0.227. The van der Waals surface area contributed by atoms with E-state index in [0.717, 1.165) is 6.42 Å². The predicted octanol–water partition coefficient (Wildman–Crippen LogP) is 3.28. The fourth-order valence-corrected chi connectivity index (χ4v) is 2.49. The van der Waals surface area contributed by atoms with Crippen molar-refractivity contribution < 1.29 is 23.5 Å². The van der Waals surface area contributed by atoms with Crippen molar-refractivity contribution in [1.82, 2.24) is 10.9 Å². The zero-order valence-electron chi connectivity index (χ0n) is 15.0. The average Bonchev–Trinajstić information content (AvgIpc) is 2.66. The Bertz CT molecular complexity index is 812. The standard InChI is InChI=1S/C19H20ClFN2O4/c1-3-8-27-18-15(20)10-13(11-16(18)26-2)19(25)23-22-17(24)9-12-4-6-14(21)7-5-12/h4-7,10-11H,3,8-9H2,1-2H3,(H,22,24)(H,23,25). The third-order valence-corrected chi connectivity index (χ3v) is 3.82. The lowest BCUT2D eigenvalue weighted by Crippen LogP contribution is -2.42. The van der Waals surface area contributed by atoms with Crippen LogP contribution in [-0.4, -0.2) is 25.5 Å². The molecular formula is C19H20ClFN2O4. The third-order valence-electron chi connectivity index (χ3n) is 3.54. The van der Waals surface area contributed by atoms with E-state index in [-0.39, 0.29) is 22.8 Å². The molecule has 2 amide bonds. The lowest BCUT2D eigenvalue weighted by Gasteiger charge is -2.14. The van der Waals surface area contributed by atoms with Gasteiger partial charge in [0, 0.05) is 5.56 Å². The van der Waals surface area contributed by atoms with E-state index in [1.54, 1.807) is 0 Å². The van der Waals surface area contributed by atoms with Crippen LogP contribution >= 0.6 is 11.6 Å². The summed E-state index contributed by atoms with van der Waals surface area (Å²) in [5.74, 6) is -0.720. The van der Waals surface area contributed by atoms with Crippen LogP contribution in [0.2, 0.25) is 5.02 Å². The molecule has 2 rings (SSSR count). The summed E-state index contributed by atoms with van der Waals surface area (Å²) < 4.78 is 23.6. The number of ether oxygens (including phenoxy) is 2. The molecule has 0 radical (unpaired) electrons. The molecule has 0 unspecified atom stereocenters. The maximum Gasteiger partial charge on any atom is 0.269 e. The molecule has 0 aliphatic carbocycles. The molecule has 0 fully saturated rings. The Morgan fingerprint density at radius 1 is 1.15 bits per heavy atom. The van der Waals surface area contributed by atoms with E-state index < -0.39 is 11.8 Å². The van der Waals surface area contributed by atoms with Crippen molar-refractivity contribution in [3.05, 3.63) is 58.4 Å². The van der Waals surface area contributed by atoms with Crippen LogP contribution in [0.15, 0.2) is 36.4 Å². The quantitative estimate of drug-likeness (QED) is 0.706. The molecule has 0 heterocycles. The lowest BCUT2D eigenvalue weighted by molar-refractivity contribution is -0.121. The van der Waals surface area contributed by atoms with Crippen LogP contribution < -0.4 is 20.3 Å². The van der Waals surface area contributed by atoms with Gasteiger partial charge in [-0.05, 0) is 36.2 Å². The van der Waals surface area contributed by atoms with Crippen molar-refractivity contribution in [3.8, 4) is 11.5 Å². The number of halogens is 2. The molecule has 6 nitrogen and oxygen atoms in total. The molecule has 0 bridgehead atoms. The highest BCUT2D eigenvalue weighted by Gasteiger charge is 2.16. The monoisotopic (exact) mass is 394 g/mol. The molecule has 0 atom stereocenters. The number of rotatable bonds is 7. The second-order valence-electron chi connectivity index (χ2n) is 5.64. The SMILES string of the molecule is CCCOc1c(Cl)cc(C(=O)NNC(=O)Cc2ccc(F)cc2)cc1OC. The predicted molar refractivity (Wildman–Crippen MR) is 99.5 cm³/mol. The summed E-state index contributed by atoms with van der Waals surface area (Å²) in [6.45, 7) is 2.41. The minimum atomic E-state index is -0.565. The van der Waals surface area contributed by atoms with E-state index >= 15 is 0 Å². The molecular weight excluding hydrogens is 375 g/mol. The second-order valence-corrected chi connectivity index (χ2v) is 6.05. The van der Waals surface area contributed by atoms with Gasteiger partial charge in [0.15, 0.2) is 11.5 Å². The largest absolute Gasteiger partial charge is 0.493 e. The maximum absolute atomic E-state index is 12.9. The Labute approximate surface area is 161 Å². The summed E-state index contributed by atoms with van der Waals surface area (Å²) in [4.78, 5) is 24.2. The van der Waals surface area contributed by atoms with Gasteiger partial charge in [-0.25, -0.2) is 4.39 Å². The zero-order valence-corrected chi connectivity index (χ0v) is 15.7. The highest BCUT2D eigenvalue weighted by atomic mass is 35.5. The van der Waals surface area contributed by atoms with Crippen LogP contribution in [0.3, 0.4) is 0 Å². The van der Waals surface area contributed by atoms with Crippen molar-refractivity contribution in [2.24, 2.45) is 0 Å². The topological polar surface area (TPSA) is 76.7 Å². The number of amides is 2. The van der Waals surface area contributed by atoms with Gasteiger partial charge in [-0.2, -0.15) is 0 Å². The zero-order chi connectivity index (χ0) is 19.8. The van der Waals surface area contributed by atoms with Gasteiger partial charge in [0.1, 0.15) is 5.82 Å². The number of hydrogen-bond acceptors (Lipinski definition) is 4. The Morgan fingerprint density at radius 2 is 1.85 bits per heavy atom. The first-order valence-electron chi connectivity index (χ1n) is 8.28. The van der Waals surface area contributed by atoms with Gasteiger partial charge in [-0.15, -0.1) is 0 Å². The second kappa shape index (κ2) is 9.78. The van der Waals surface area contributed by atoms with Crippen LogP contribution in [0.25, 0.3) is 0 Å². The van der Waals surface area contributed by atoms with Gasteiger partial charge in [0.2, 0.25) is 5.91 Å². The number of nitrogens with one attached hydrogen (secondary N) is 2. The highest BCUT2D eigenvalue weighted by molar-refractivity contribution is 6.32. The first-order chi connectivity index (χ1) is 12.9. The first kappa shape index (κ1) is 20.5. The maximum atomic E-state index is 12.9. The fourth-order valence-electron chi connectivity index (χ4n) is 2.23. The van der Waals surface area contributed by atoms with Crippen molar-refractivity contribution in [2.75, 3.05) is 13.7 Å². The van der Waals surface area contributed by atoms with E-state index in [1.165, 1.54) is 43.5 Å². The van der Waals surface area contributed by atoms with E-state index in [4.69, 9.17) is 21.1 Å². The molecule has 144 valence electrons. The van der Waals surface area contributed by atoms with E-state index in [2.05, 4.69) is 10.9 Å². The third kappa shape index (κ3) is 5.86. The van der Waals surface area contributed by atoms with E-state index in [9.17, 15) is 14.0 Å². The van der Waals surface area contributed by atoms with Crippen molar-refractivity contribution >= 4 is 23.4 Å². The Balaban J connectivity index is 1.99. The molecule has 0 aromatic heterocycles. The Kier molecular flexibility index (Phi) is 7.43. The molecule has 0 spiro atoms. The first-order valence-corrected chi connectivity index (χ1v) is 8.66. The number of hydrogen-bond donors (Lipinski definition) is 2. The summed E-state index contributed by atoms with van der Waals surface area (Å²) >= 11 is 6.17. The van der Waals surface area contributed by atoms with Gasteiger partial charge in [-0.3, -0.25) is 20.4 Å². The molecule has 2 N–H and O–H groups in total.